The summed E-state index contributed by atoms with van der Waals surface area (Å²) in [5, 5.41) is 0. The third-order valence-electron chi connectivity index (χ3n) is 0.671. The van der Waals surface area contributed by atoms with Gasteiger partial charge in [-0.1, -0.05) is 0 Å². The molecule has 9 heavy (non-hydrogen) atoms. The van der Waals surface area contributed by atoms with Crippen LogP contribution in [0.15, 0.2) is 0 Å². The van der Waals surface area contributed by atoms with E-state index in [-0.39, 0.29) is 40.4 Å². The van der Waals surface area contributed by atoms with Crippen molar-refractivity contribution in [1.82, 2.24) is 0 Å². The molecule has 0 spiro atoms. The molecule has 0 rings (SSSR count). The van der Waals surface area contributed by atoms with E-state index in [1.54, 1.807) is 0 Å². The summed E-state index contributed by atoms with van der Waals surface area (Å²) >= 11 is 0. The maximum Gasteiger partial charge on any atom is 0.473 e. The minimum Gasteiger partial charge on any atom is -0.290 e. The molecule has 0 bridgehead atoms. The molecule has 0 aromatic rings. The van der Waals surface area contributed by atoms with Crippen molar-refractivity contribution in [3.63, 3.8) is 0 Å². The van der Waals surface area contributed by atoms with Crippen molar-refractivity contribution in [1.29, 1.82) is 0 Å². The molecule has 0 aromatic carbocycles. The molecule has 0 amide bonds. The molecule has 0 aliphatic carbocycles. The van der Waals surface area contributed by atoms with Crippen molar-refractivity contribution in [2.45, 2.75) is 0 Å². The van der Waals surface area contributed by atoms with E-state index in [0.717, 1.165) is 0 Å². The van der Waals surface area contributed by atoms with Gasteiger partial charge in [0.15, 0.2) is 0 Å². The van der Waals surface area contributed by atoms with Crippen LogP contribution in [0.3, 0.4) is 0 Å². The molecular formula is C3H9O4PSm. The number of hydrogen-bond acceptors (Lipinski definition) is 4. The third-order valence-corrected chi connectivity index (χ3v) is 2.01. The Morgan fingerprint density at radius 1 is 1.00 bits per heavy atom. The van der Waals surface area contributed by atoms with Gasteiger partial charge in [-0.25, -0.2) is 4.57 Å². The summed E-state index contributed by atoms with van der Waals surface area (Å²) in [6.07, 6.45) is 0. The van der Waals surface area contributed by atoms with Crippen LogP contribution < -0.4 is 0 Å². The Labute approximate surface area is 87.0 Å². The van der Waals surface area contributed by atoms with Crippen molar-refractivity contribution in [3.05, 3.63) is 0 Å². The van der Waals surface area contributed by atoms with E-state index in [0.29, 0.717) is 0 Å². The summed E-state index contributed by atoms with van der Waals surface area (Å²) in [6, 6.07) is 0. The van der Waals surface area contributed by atoms with Crippen LogP contribution in [0.2, 0.25) is 0 Å². The Kier molecular flexibility index (Phi) is 8.97. The molecule has 6 heteroatoms. The van der Waals surface area contributed by atoms with Crippen molar-refractivity contribution < 1.29 is 58.5 Å². The van der Waals surface area contributed by atoms with Crippen molar-refractivity contribution in [2.75, 3.05) is 21.3 Å². The number of rotatable bonds is 3. The summed E-state index contributed by atoms with van der Waals surface area (Å²) in [5.74, 6) is 0. The monoisotopic (exact) mass is 292 g/mol. The maximum absolute atomic E-state index is 10.7. The number of phosphoric acid groups is 1. The Hall–Kier alpha value is 1.45. The van der Waals surface area contributed by atoms with E-state index in [1.165, 1.54) is 21.3 Å². The van der Waals surface area contributed by atoms with Gasteiger partial charge >= 0.3 is 7.82 Å². The molecule has 0 heterocycles. The summed E-state index contributed by atoms with van der Waals surface area (Å²) in [7, 11) is 0.611. The van der Waals surface area contributed by atoms with E-state index in [9.17, 15) is 4.57 Å². The van der Waals surface area contributed by atoms with Crippen LogP contribution in [0.1, 0.15) is 0 Å². The van der Waals surface area contributed by atoms with Crippen LogP contribution in [0.4, 0.5) is 0 Å². The first-order valence-corrected chi connectivity index (χ1v) is 3.42. The SMILES string of the molecule is COP(=O)(OC)OC.[Sm]. The summed E-state index contributed by atoms with van der Waals surface area (Å²) in [5.41, 5.74) is 0. The molecule has 0 radical (unpaired) electrons. The minimum atomic E-state index is -3.16. The van der Waals surface area contributed by atoms with Gasteiger partial charge < -0.3 is 0 Å². The van der Waals surface area contributed by atoms with Gasteiger partial charge in [0, 0.05) is 61.7 Å². The van der Waals surface area contributed by atoms with E-state index in [4.69, 9.17) is 0 Å². The smallest absolute Gasteiger partial charge is 0.290 e. The molecule has 0 saturated carbocycles. The molecular weight excluding hydrogens is 281 g/mol. The quantitative estimate of drug-likeness (QED) is 0.728. The predicted molar refractivity (Wildman–Crippen MR) is 28.6 cm³/mol. The second-order valence-electron chi connectivity index (χ2n) is 0.995. The van der Waals surface area contributed by atoms with Crippen LogP contribution in [0.5, 0.6) is 0 Å². The summed E-state index contributed by atoms with van der Waals surface area (Å²) in [4.78, 5) is 0. The van der Waals surface area contributed by atoms with Crippen molar-refractivity contribution in [3.8, 4) is 0 Å². The Bertz CT molecular complexity index is 87.0. The van der Waals surface area contributed by atoms with E-state index in [2.05, 4.69) is 13.6 Å². The summed E-state index contributed by atoms with van der Waals surface area (Å²) in [6.45, 7) is 0. The van der Waals surface area contributed by atoms with Crippen molar-refractivity contribution in [2.24, 2.45) is 0 Å². The van der Waals surface area contributed by atoms with Crippen LogP contribution >= 0.6 is 7.82 Å². The fraction of sp³-hybridized carbons (Fsp3) is 1.00. The summed E-state index contributed by atoms with van der Waals surface area (Å²) < 4.78 is 23.7. The number of phosphoric ester groups is 1. The first kappa shape index (κ1) is 13.1. The Balaban J connectivity index is 0. The molecule has 0 fully saturated rings. The Morgan fingerprint density at radius 2 is 1.22 bits per heavy atom. The standard InChI is InChI=1S/C3H9O4P.Sm/c1-5-8(4,6-2)7-3;/h1-3H3;. The third kappa shape index (κ3) is 4.80. The predicted octanol–water partition coefficient (Wildman–Crippen LogP) is 1.03. The zero-order valence-corrected chi connectivity index (χ0v) is 9.00. The van der Waals surface area contributed by atoms with Crippen LogP contribution in [-0.2, 0) is 18.1 Å². The average Bonchev–Trinajstić information content (AvgIpc) is 1.87. The number of hydrogen-bond donors (Lipinski definition) is 0. The molecule has 0 aromatic heterocycles. The molecule has 0 saturated heterocycles. The van der Waals surface area contributed by atoms with E-state index < -0.39 is 7.82 Å². The average molecular weight is 290 g/mol. The van der Waals surface area contributed by atoms with Gasteiger partial charge in [0.25, 0.3) is 0 Å². The van der Waals surface area contributed by atoms with Crippen LogP contribution in [0.25, 0.3) is 0 Å². The van der Waals surface area contributed by atoms with Gasteiger partial charge in [0.05, 0.1) is 0 Å². The van der Waals surface area contributed by atoms with Gasteiger partial charge in [0.1, 0.15) is 0 Å². The van der Waals surface area contributed by atoms with Gasteiger partial charge in [-0.2, -0.15) is 0 Å². The van der Waals surface area contributed by atoms with E-state index >= 15 is 0 Å². The van der Waals surface area contributed by atoms with Gasteiger partial charge in [-0.15, -0.1) is 0 Å². The molecule has 0 atom stereocenters. The molecule has 4 nitrogen and oxygen atoms in total. The van der Waals surface area contributed by atoms with Crippen LogP contribution in [0, 0.1) is 40.4 Å². The first-order valence-electron chi connectivity index (χ1n) is 1.96. The zero-order chi connectivity index (χ0) is 6.62. The fourth-order valence-electron chi connectivity index (χ4n) is 0.224. The molecule has 0 N–H and O–H groups in total. The maximum atomic E-state index is 10.7. The second kappa shape index (κ2) is 6.18. The molecule has 56 valence electrons. The van der Waals surface area contributed by atoms with Crippen molar-refractivity contribution >= 4 is 7.82 Å². The Morgan fingerprint density at radius 3 is 1.22 bits per heavy atom. The van der Waals surface area contributed by atoms with Gasteiger partial charge in [-0.05, 0) is 0 Å². The fourth-order valence-corrected chi connectivity index (χ4v) is 0.671. The molecule has 0 aliphatic heterocycles. The van der Waals surface area contributed by atoms with Gasteiger partial charge in [0.2, 0.25) is 0 Å². The van der Waals surface area contributed by atoms with Gasteiger partial charge in [-0.3, -0.25) is 13.6 Å². The topological polar surface area (TPSA) is 44.8 Å². The second-order valence-corrected chi connectivity index (χ2v) is 2.98. The zero-order valence-electron chi connectivity index (χ0n) is 5.49. The first-order chi connectivity index (χ1) is 3.68. The van der Waals surface area contributed by atoms with Crippen LogP contribution in [-0.4, -0.2) is 21.3 Å². The largest absolute Gasteiger partial charge is 0.473 e. The molecule has 0 unspecified atom stereocenters. The molecule has 0 aliphatic rings. The normalized spacial score (nSPS) is 10.6. The minimum absolute atomic E-state index is 0. The van der Waals surface area contributed by atoms with E-state index in [1.807, 2.05) is 0 Å².